The molecule has 4 aliphatic rings. The Kier molecular flexibility index (Phi) is 12.4. The normalized spacial score (nSPS) is 29.4. The van der Waals surface area contributed by atoms with Crippen molar-refractivity contribution in [3.63, 3.8) is 0 Å². The lowest BCUT2D eigenvalue weighted by molar-refractivity contribution is -0.195. The summed E-state index contributed by atoms with van der Waals surface area (Å²) in [6, 6.07) is 13.0. The number of para-hydroxylation sites is 1. The van der Waals surface area contributed by atoms with Crippen LogP contribution in [0.25, 0.3) is 11.1 Å². The van der Waals surface area contributed by atoms with E-state index in [0.29, 0.717) is 52.9 Å². The first kappa shape index (κ1) is 38.7. The second kappa shape index (κ2) is 16.0. The number of amides is 1. The summed E-state index contributed by atoms with van der Waals surface area (Å²) >= 11 is 0. The number of aliphatic hydroxyl groups excluding tert-OH is 3. The monoisotopic (exact) mass is 694 g/mol. The molecule has 1 saturated heterocycles. The molecule has 278 valence electrons. The number of nitrogens with zero attached hydrogens (tertiary/aromatic N) is 2. The van der Waals surface area contributed by atoms with Gasteiger partial charge in [0.05, 0.1) is 32.4 Å². The van der Waals surface area contributed by atoms with E-state index in [1.54, 1.807) is 19.1 Å². The number of nitrogens with one attached hydrogen (secondary N) is 2. The Morgan fingerprint density at radius 1 is 1.12 bits per heavy atom. The standard InChI is InChI=1S/C40H62N4O6/c1-23(2)29(20-43(7)8)19-41-38(47)27-13-10-12-26(16-27)31-15-11-14-28(37(31)49-9)21-44-36(35(25(4)46)34(22-45)50-44)39(48)42-33-18-30-17-32(24(33)3)40(30,5)6/h10-16,23-25,29-30,32-36,39,42,45-46,48H,17-22H2,1-9H3,(H,41,47)/t24-,25-,29?,30+,32-,33-,34-,35+,36-,39?/m0/s1. The van der Waals surface area contributed by atoms with Crippen LogP contribution in [0.4, 0.5) is 0 Å². The minimum absolute atomic E-state index is 0.117. The Labute approximate surface area is 299 Å². The van der Waals surface area contributed by atoms with Gasteiger partial charge in [0.25, 0.3) is 5.91 Å². The lowest BCUT2D eigenvalue weighted by atomic mass is 9.44. The van der Waals surface area contributed by atoms with Gasteiger partial charge in [0.15, 0.2) is 0 Å². The van der Waals surface area contributed by atoms with Crippen molar-refractivity contribution in [2.24, 2.45) is 40.9 Å². The summed E-state index contributed by atoms with van der Waals surface area (Å²) in [7, 11) is 5.72. The number of ether oxygens (including phenoxy) is 1. The molecule has 10 atom stereocenters. The van der Waals surface area contributed by atoms with Crippen LogP contribution in [-0.4, -0.2) is 103 Å². The molecule has 0 aromatic heterocycles. The van der Waals surface area contributed by atoms with E-state index in [-0.39, 0.29) is 25.1 Å². The fraction of sp³-hybridized carbons (Fsp3) is 0.675. The van der Waals surface area contributed by atoms with E-state index in [9.17, 15) is 20.1 Å². The molecule has 1 heterocycles. The SMILES string of the molecule is COc1c(CN2O[C@@H](CO)[C@@H]([C@H](C)O)[C@H]2C(O)N[C@H]2C[C@H]3C[C@@H]([C@@H]2C)C3(C)C)cccc1-c1cccc(C(=O)NCC(CN(C)C)C(C)C)c1. The number of hydrogen-bond donors (Lipinski definition) is 5. The van der Waals surface area contributed by atoms with E-state index >= 15 is 0 Å². The fourth-order valence-corrected chi connectivity index (χ4v) is 9.16. The van der Waals surface area contributed by atoms with Crippen molar-refractivity contribution >= 4 is 5.91 Å². The smallest absolute Gasteiger partial charge is 0.251 e. The van der Waals surface area contributed by atoms with Crippen molar-refractivity contribution in [2.45, 2.75) is 91.4 Å². The lowest BCUT2D eigenvalue weighted by Crippen LogP contribution is -2.63. The van der Waals surface area contributed by atoms with Gasteiger partial charge in [-0.15, -0.1) is 0 Å². The molecular weight excluding hydrogens is 632 g/mol. The molecule has 0 spiro atoms. The number of benzene rings is 2. The molecule has 2 unspecified atom stereocenters. The average molecular weight is 695 g/mol. The highest BCUT2D eigenvalue weighted by Crippen LogP contribution is 2.61. The van der Waals surface area contributed by atoms with Gasteiger partial charge in [0.1, 0.15) is 18.1 Å². The molecule has 3 saturated carbocycles. The van der Waals surface area contributed by atoms with Gasteiger partial charge < -0.3 is 30.3 Å². The zero-order chi connectivity index (χ0) is 36.5. The molecule has 3 aliphatic carbocycles. The number of methoxy groups -OCH3 is 1. The molecule has 2 bridgehead atoms. The van der Waals surface area contributed by atoms with Crippen LogP contribution >= 0.6 is 0 Å². The number of aliphatic hydroxyl groups is 3. The van der Waals surface area contributed by atoms with Crippen molar-refractivity contribution in [3.8, 4) is 16.9 Å². The first-order valence-electron chi connectivity index (χ1n) is 18.5. The van der Waals surface area contributed by atoms with Crippen LogP contribution < -0.4 is 15.4 Å². The van der Waals surface area contributed by atoms with Crippen LogP contribution in [0.2, 0.25) is 0 Å². The Hall–Kier alpha value is -2.57. The summed E-state index contributed by atoms with van der Waals surface area (Å²) in [5.41, 5.74) is 3.38. The second-order valence-electron chi connectivity index (χ2n) is 16.4. The Morgan fingerprint density at radius 3 is 2.44 bits per heavy atom. The van der Waals surface area contributed by atoms with Gasteiger partial charge >= 0.3 is 0 Å². The number of hydroxylamine groups is 2. The minimum atomic E-state index is -0.989. The highest BCUT2D eigenvalue weighted by Gasteiger charge is 2.57. The molecular formula is C40H62N4O6. The maximum absolute atomic E-state index is 13.3. The average Bonchev–Trinajstić information content (AvgIpc) is 3.45. The van der Waals surface area contributed by atoms with E-state index in [4.69, 9.17) is 9.57 Å². The number of fused-ring (bicyclic) bond motifs is 2. The van der Waals surface area contributed by atoms with E-state index in [1.165, 1.54) is 6.42 Å². The number of carbonyl (C=O) groups is 1. The van der Waals surface area contributed by atoms with Crippen LogP contribution in [-0.2, 0) is 11.4 Å². The summed E-state index contributed by atoms with van der Waals surface area (Å²) in [5, 5.41) is 41.4. The lowest BCUT2D eigenvalue weighted by Gasteiger charge is -2.62. The molecule has 2 aromatic carbocycles. The maximum atomic E-state index is 13.3. The third-order valence-corrected chi connectivity index (χ3v) is 12.4. The van der Waals surface area contributed by atoms with Crippen molar-refractivity contribution in [2.75, 3.05) is 40.9 Å². The fourth-order valence-electron chi connectivity index (χ4n) is 9.16. The van der Waals surface area contributed by atoms with E-state index in [0.717, 1.165) is 29.7 Å². The van der Waals surface area contributed by atoms with E-state index in [1.807, 2.05) is 56.6 Å². The van der Waals surface area contributed by atoms with Gasteiger partial charge in [-0.25, -0.2) is 0 Å². The Balaban J connectivity index is 1.36. The summed E-state index contributed by atoms with van der Waals surface area (Å²) < 4.78 is 6.01. The zero-order valence-electron chi connectivity index (χ0n) is 31.6. The van der Waals surface area contributed by atoms with Crippen molar-refractivity contribution in [3.05, 3.63) is 53.6 Å². The quantitative estimate of drug-likeness (QED) is 0.173. The largest absolute Gasteiger partial charge is 0.496 e. The molecule has 6 rings (SSSR count). The highest BCUT2D eigenvalue weighted by atomic mass is 16.7. The van der Waals surface area contributed by atoms with Crippen LogP contribution in [0, 0.1) is 40.9 Å². The van der Waals surface area contributed by atoms with Gasteiger partial charge in [-0.2, -0.15) is 5.06 Å². The van der Waals surface area contributed by atoms with Crippen LogP contribution in [0.5, 0.6) is 5.75 Å². The Bertz CT molecular complexity index is 1450. The molecule has 4 fully saturated rings. The highest BCUT2D eigenvalue weighted by molar-refractivity contribution is 5.95. The van der Waals surface area contributed by atoms with Gasteiger partial charge in [-0.1, -0.05) is 65.0 Å². The molecule has 5 N–H and O–H groups in total. The molecule has 2 aromatic rings. The van der Waals surface area contributed by atoms with E-state index in [2.05, 4.69) is 50.2 Å². The van der Waals surface area contributed by atoms with Crippen molar-refractivity contribution in [1.29, 1.82) is 0 Å². The first-order valence-corrected chi connectivity index (χ1v) is 18.5. The summed E-state index contributed by atoms with van der Waals surface area (Å²) in [6.07, 6.45) is -0.250. The second-order valence-corrected chi connectivity index (χ2v) is 16.4. The predicted molar refractivity (Wildman–Crippen MR) is 196 cm³/mol. The summed E-state index contributed by atoms with van der Waals surface area (Å²) in [6.45, 7) is 14.5. The topological polar surface area (TPSA) is 127 Å². The molecule has 10 heteroatoms. The third-order valence-electron chi connectivity index (χ3n) is 12.4. The minimum Gasteiger partial charge on any atom is -0.496 e. The number of rotatable bonds is 15. The maximum Gasteiger partial charge on any atom is 0.251 e. The van der Waals surface area contributed by atoms with Crippen LogP contribution in [0.3, 0.4) is 0 Å². The van der Waals surface area contributed by atoms with Crippen molar-refractivity contribution < 1.29 is 29.7 Å². The third kappa shape index (κ3) is 7.92. The van der Waals surface area contributed by atoms with E-state index < -0.39 is 30.4 Å². The van der Waals surface area contributed by atoms with Crippen LogP contribution in [0.1, 0.15) is 70.3 Å². The molecule has 10 nitrogen and oxygen atoms in total. The van der Waals surface area contributed by atoms with Gasteiger partial charge in [0, 0.05) is 41.7 Å². The molecule has 50 heavy (non-hydrogen) atoms. The van der Waals surface area contributed by atoms with Gasteiger partial charge in [-0.3, -0.25) is 14.9 Å². The zero-order valence-corrected chi connectivity index (χ0v) is 31.6. The molecule has 1 aliphatic heterocycles. The summed E-state index contributed by atoms with van der Waals surface area (Å²) in [5.74, 6) is 2.40. The van der Waals surface area contributed by atoms with Gasteiger partial charge in [-0.05, 0) is 86.6 Å². The van der Waals surface area contributed by atoms with Crippen LogP contribution in [0.15, 0.2) is 42.5 Å². The molecule has 1 amide bonds. The summed E-state index contributed by atoms with van der Waals surface area (Å²) in [4.78, 5) is 21.7. The Morgan fingerprint density at radius 2 is 1.84 bits per heavy atom. The molecule has 0 radical (unpaired) electrons. The van der Waals surface area contributed by atoms with Crippen molar-refractivity contribution in [1.82, 2.24) is 20.6 Å². The number of carbonyl (C=O) groups excluding carboxylic acids is 1. The first-order chi connectivity index (χ1) is 23.7. The van der Waals surface area contributed by atoms with Gasteiger partial charge in [0.2, 0.25) is 0 Å². The number of hydrogen-bond acceptors (Lipinski definition) is 9. The predicted octanol–water partition coefficient (Wildman–Crippen LogP) is 4.38.